The molecule has 2 fully saturated rings. The zero-order valence-corrected chi connectivity index (χ0v) is 6.52. The molecule has 2 rings (SSSR count). The normalized spacial score (nSPS) is 35.1. The molecular formula is C8H16FN. The molecule has 2 aliphatic rings. The maximum Gasteiger partial charge on any atom is -0.00148 e. The van der Waals surface area contributed by atoms with Gasteiger partial charge in [-0.2, -0.15) is 0 Å². The largest absolute Gasteiger partial charge is 0.316 e. The molecule has 0 spiro atoms. The van der Waals surface area contributed by atoms with Crippen LogP contribution in [0.4, 0.5) is 4.70 Å². The van der Waals surface area contributed by atoms with Gasteiger partial charge in [0.15, 0.2) is 0 Å². The summed E-state index contributed by atoms with van der Waals surface area (Å²) >= 11 is 0. The molecule has 1 saturated heterocycles. The summed E-state index contributed by atoms with van der Waals surface area (Å²) in [6.45, 7) is 4.99. The molecule has 0 aromatic carbocycles. The van der Waals surface area contributed by atoms with Gasteiger partial charge in [0, 0.05) is 0 Å². The summed E-state index contributed by atoms with van der Waals surface area (Å²) in [5, 5.41) is 3.42. The molecule has 0 unspecified atom stereocenters. The van der Waals surface area contributed by atoms with Crippen molar-refractivity contribution in [3.05, 3.63) is 0 Å². The van der Waals surface area contributed by atoms with Gasteiger partial charge in [0.25, 0.3) is 0 Å². The van der Waals surface area contributed by atoms with E-state index in [1.165, 1.54) is 32.4 Å². The van der Waals surface area contributed by atoms with Crippen molar-refractivity contribution in [3.63, 3.8) is 0 Å². The second kappa shape index (κ2) is 2.50. The van der Waals surface area contributed by atoms with Gasteiger partial charge in [-0.05, 0) is 43.7 Å². The molecule has 0 aromatic heterocycles. The van der Waals surface area contributed by atoms with Gasteiger partial charge >= 0.3 is 0 Å². The van der Waals surface area contributed by atoms with E-state index in [0.717, 1.165) is 11.3 Å². The molecule has 1 N–H and O–H groups in total. The molecule has 0 amide bonds. The van der Waals surface area contributed by atoms with Crippen LogP contribution in [0.3, 0.4) is 0 Å². The molecule has 1 saturated carbocycles. The van der Waals surface area contributed by atoms with Gasteiger partial charge in [0.2, 0.25) is 0 Å². The SMILES string of the molecule is CC1([C@@H]2CCNC2)CC1.F. The lowest BCUT2D eigenvalue weighted by Crippen LogP contribution is -2.15. The fourth-order valence-corrected chi connectivity index (χ4v) is 1.85. The molecule has 0 bridgehead atoms. The standard InChI is InChI=1S/C8H15N.FH/c1-8(3-4-8)7-2-5-9-6-7;/h7,9H,2-6H2,1H3;1H/t7-;/m1./s1. The first-order valence-corrected chi connectivity index (χ1v) is 4.02. The van der Waals surface area contributed by atoms with Crippen LogP contribution in [0.15, 0.2) is 0 Å². The van der Waals surface area contributed by atoms with E-state index in [4.69, 9.17) is 0 Å². The average Bonchev–Trinajstić information content (AvgIpc) is 2.46. The Balaban J connectivity index is 0.000000500. The minimum absolute atomic E-state index is 0. The highest BCUT2D eigenvalue weighted by atomic mass is 19.0. The number of halogens is 1. The van der Waals surface area contributed by atoms with Crippen molar-refractivity contribution in [2.45, 2.75) is 26.2 Å². The molecule has 1 aliphatic carbocycles. The van der Waals surface area contributed by atoms with Crippen LogP contribution in [0, 0.1) is 11.3 Å². The highest BCUT2D eigenvalue weighted by molar-refractivity contribution is 4.97. The zero-order valence-electron chi connectivity index (χ0n) is 6.52. The van der Waals surface area contributed by atoms with E-state index in [2.05, 4.69) is 12.2 Å². The summed E-state index contributed by atoms with van der Waals surface area (Å²) in [6, 6.07) is 0. The Morgan fingerprint density at radius 3 is 2.50 bits per heavy atom. The van der Waals surface area contributed by atoms with E-state index in [1.54, 1.807) is 0 Å². The monoisotopic (exact) mass is 145 g/mol. The molecule has 0 aromatic rings. The van der Waals surface area contributed by atoms with Gasteiger partial charge in [-0.15, -0.1) is 0 Å². The van der Waals surface area contributed by atoms with Crippen LogP contribution in [0.25, 0.3) is 0 Å². The summed E-state index contributed by atoms with van der Waals surface area (Å²) in [6.07, 6.45) is 4.40. The van der Waals surface area contributed by atoms with Gasteiger partial charge in [-0.1, -0.05) is 6.92 Å². The Morgan fingerprint density at radius 2 is 2.10 bits per heavy atom. The third kappa shape index (κ3) is 1.17. The first-order valence-electron chi connectivity index (χ1n) is 4.02. The predicted molar refractivity (Wildman–Crippen MR) is 40.8 cm³/mol. The third-order valence-electron chi connectivity index (χ3n) is 3.08. The van der Waals surface area contributed by atoms with E-state index in [9.17, 15) is 0 Å². The first kappa shape index (κ1) is 7.99. The topological polar surface area (TPSA) is 12.0 Å². The summed E-state index contributed by atoms with van der Waals surface area (Å²) in [4.78, 5) is 0. The fourth-order valence-electron chi connectivity index (χ4n) is 1.85. The lowest BCUT2D eigenvalue weighted by molar-refractivity contribution is 0.364. The molecule has 60 valence electrons. The molecule has 0 radical (unpaired) electrons. The van der Waals surface area contributed by atoms with Crippen LogP contribution in [0.1, 0.15) is 26.2 Å². The minimum Gasteiger partial charge on any atom is -0.316 e. The van der Waals surface area contributed by atoms with Crippen molar-refractivity contribution in [2.24, 2.45) is 11.3 Å². The summed E-state index contributed by atoms with van der Waals surface area (Å²) in [5.74, 6) is 1.01. The minimum atomic E-state index is 0. The predicted octanol–water partition coefficient (Wildman–Crippen LogP) is 1.55. The van der Waals surface area contributed by atoms with Gasteiger partial charge < -0.3 is 5.32 Å². The quantitative estimate of drug-likeness (QED) is 0.590. The zero-order chi connectivity index (χ0) is 6.32. The Hall–Kier alpha value is -0.110. The average molecular weight is 145 g/mol. The Morgan fingerprint density at radius 1 is 1.40 bits per heavy atom. The van der Waals surface area contributed by atoms with E-state index >= 15 is 0 Å². The fraction of sp³-hybridized carbons (Fsp3) is 1.00. The van der Waals surface area contributed by atoms with Gasteiger partial charge in [-0.3, -0.25) is 4.70 Å². The van der Waals surface area contributed by atoms with Crippen molar-refractivity contribution in [2.75, 3.05) is 13.1 Å². The molecule has 1 nitrogen and oxygen atoms in total. The van der Waals surface area contributed by atoms with Gasteiger partial charge in [-0.25, -0.2) is 0 Å². The Labute approximate surface area is 61.6 Å². The van der Waals surface area contributed by atoms with Crippen molar-refractivity contribution in [1.29, 1.82) is 0 Å². The molecular weight excluding hydrogens is 129 g/mol. The van der Waals surface area contributed by atoms with Crippen LogP contribution >= 0.6 is 0 Å². The van der Waals surface area contributed by atoms with Crippen LogP contribution in [-0.2, 0) is 0 Å². The maximum atomic E-state index is 3.42. The van der Waals surface area contributed by atoms with Crippen molar-refractivity contribution < 1.29 is 4.70 Å². The molecule has 2 heteroatoms. The van der Waals surface area contributed by atoms with Crippen molar-refractivity contribution in [3.8, 4) is 0 Å². The smallest absolute Gasteiger partial charge is 0.00148 e. The molecule has 1 aliphatic heterocycles. The molecule has 1 heterocycles. The second-order valence-electron chi connectivity index (χ2n) is 3.84. The highest BCUT2D eigenvalue weighted by Gasteiger charge is 2.45. The maximum absolute atomic E-state index is 3.42. The van der Waals surface area contributed by atoms with Gasteiger partial charge in [0.05, 0.1) is 0 Å². The molecule has 10 heavy (non-hydrogen) atoms. The number of hydrogen-bond acceptors (Lipinski definition) is 1. The van der Waals surface area contributed by atoms with Crippen molar-refractivity contribution in [1.82, 2.24) is 5.32 Å². The van der Waals surface area contributed by atoms with Crippen LogP contribution in [0.2, 0.25) is 0 Å². The highest BCUT2D eigenvalue weighted by Crippen LogP contribution is 2.53. The van der Waals surface area contributed by atoms with Crippen LogP contribution < -0.4 is 5.32 Å². The van der Waals surface area contributed by atoms with E-state index in [0.29, 0.717) is 0 Å². The summed E-state index contributed by atoms with van der Waals surface area (Å²) in [5.41, 5.74) is 0.767. The lowest BCUT2D eigenvalue weighted by atomic mass is 9.90. The third-order valence-corrected chi connectivity index (χ3v) is 3.08. The summed E-state index contributed by atoms with van der Waals surface area (Å²) in [7, 11) is 0. The number of nitrogens with one attached hydrogen (secondary N) is 1. The van der Waals surface area contributed by atoms with E-state index < -0.39 is 0 Å². The lowest BCUT2D eigenvalue weighted by Gasteiger charge is -2.15. The van der Waals surface area contributed by atoms with Crippen LogP contribution in [-0.4, -0.2) is 13.1 Å². The first-order chi connectivity index (χ1) is 4.31. The Kier molecular flexibility index (Phi) is 1.99. The van der Waals surface area contributed by atoms with Crippen LogP contribution in [0.5, 0.6) is 0 Å². The Bertz CT molecular complexity index is 114. The number of hydrogen-bond donors (Lipinski definition) is 1. The number of rotatable bonds is 1. The molecule has 1 atom stereocenters. The van der Waals surface area contributed by atoms with E-state index in [-0.39, 0.29) is 4.70 Å². The van der Waals surface area contributed by atoms with Gasteiger partial charge in [0.1, 0.15) is 0 Å². The van der Waals surface area contributed by atoms with E-state index in [1.807, 2.05) is 0 Å². The second-order valence-corrected chi connectivity index (χ2v) is 3.84. The summed E-state index contributed by atoms with van der Waals surface area (Å²) < 4.78 is 0. The van der Waals surface area contributed by atoms with Crippen molar-refractivity contribution >= 4 is 0 Å².